The van der Waals surface area contributed by atoms with Crippen LogP contribution in [-0.2, 0) is 6.54 Å². The molecule has 0 saturated heterocycles. The van der Waals surface area contributed by atoms with Crippen molar-refractivity contribution in [3.05, 3.63) is 23.2 Å². The average molecular weight is 209 g/mol. The van der Waals surface area contributed by atoms with E-state index in [1.807, 2.05) is 0 Å². The van der Waals surface area contributed by atoms with Crippen LogP contribution in [0.25, 0.3) is 0 Å². The molecule has 4 heteroatoms. The molecule has 0 radical (unpaired) electrons. The van der Waals surface area contributed by atoms with Crippen molar-refractivity contribution >= 4 is 5.97 Å². The smallest absolute Gasteiger partial charge is 0.371 e. The lowest BCUT2D eigenvalue weighted by atomic mass is 10.2. The van der Waals surface area contributed by atoms with E-state index in [-0.39, 0.29) is 5.76 Å². The van der Waals surface area contributed by atoms with Gasteiger partial charge in [-0.3, -0.25) is 0 Å². The maximum atomic E-state index is 10.7. The molecule has 0 spiro atoms. The first-order chi connectivity index (χ1) is 7.08. The van der Waals surface area contributed by atoms with Gasteiger partial charge < -0.3 is 14.8 Å². The van der Waals surface area contributed by atoms with Gasteiger partial charge in [0, 0.05) is 18.2 Å². The average Bonchev–Trinajstić information content (AvgIpc) is 2.72. The van der Waals surface area contributed by atoms with Crippen molar-refractivity contribution in [1.82, 2.24) is 5.32 Å². The van der Waals surface area contributed by atoms with Crippen LogP contribution < -0.4 is 5.32 Å². The van der Waals surface area contributed by atoms with Crippen LogP contribution in [0.15, 0.2) is 10.5 Å². The second-order valence-electron chi connectivity index (χ2n) is 4.20. The first kappa shape index (κ1) is 10.2. The highest BCUT2D eigenvalue weighted by atomic mass is 16.4. The fourth-order valence-electron chi connectivity index (χ4n) is 1.65. The molecular formula is C11H15NO3. The molecule has 15 heavy (non-hydrogen) atoms. The number of furan rings is 1. The summed E-state index contributed by atoms with van der Waals surface area (Å²) in [6.45, 7) is 4.68. The van der Waals surface area contributed by atoms with Gasteiger partial charge in [-0.1, -0.05) is 6.92 Å². The minimum Gasteiger partial charge on any atom is -0.475 e. The predicted molar refractivity (Wildman–Crippen MR) is 54.8 cm³/mol. The number of aromatic carboxylic acids is 1. The van der Waals surface area contributed by atoms with E-state index in [0.29, 0.717) is 18.3 Å². The van der Waals surface area contributed by atoms with Gasteiger partial charge in [-0.2, -0.15) is 0 Å². The zero-order chi connectivity index (χ0) is 11.0. The van der Waals surface area contributed by atoms with Crippen LogP contribution >= 0.6 is 0 Å². The van der Waals surface area contributed by atoms with Gasteiger partial charge in [0.25, 0.3) is 0 Å². The van der Waals surface area contributed by atoms with E-state index < -0.39 is 5.97 Å². The van der Waals surface area contributed by atoms with Gasteiger partial charge in [0.2, 0.25) is 5.76 Å². The number of carboxylic acid groups (broad SMARTS) is 1. The molecular weight excluding hydrogens is 194 g/mol. The third-order valence-corrected chi connectivity index (χ3v) is 2.90. The van der Waals surface area contributed by atoms with Crippen LogP contribution in [0.2, 0.25) is 0 Å². The molecule has 82 valence electrons. The Morgan fingerprint density at radius 1 is 1.73 bits per heavy atom. The number of hydrogen-bond acceptors (Lipinski definition) is 3. The van der Waals surface area contributed by atoms with E-state index >= 15 is 0 Å². The summed E-state index contributed by atoms with van der Waals surface area (Å²) in [5, 5.41) is 12.1. The van der Waals surface area contributed by atoms with E-state index in [4.69, 9.17) is 9.52 Å². The fourth-order valence-corrected chi connectivity index (χ4v) is 1.65. The number of hydrogen-bond donors (Lipinski definition) is 2. The minimum absolute atomic E-state index is 0.0214. The topological polar surface area (TPSA) is 62.5 Å². The highest BCUT2D eigenvalue weighted by molar-refractivity contribution is 5.84. The number of aryl methyl sites for hydroxylation is 1. The standard InChI is InChI=1S/C11H15NO3/c1-6-3-9(6)12-5-8-4-10(11(13)14)15-7(8)2/h4,6,9,12H,3,5H2,1-2H3,(H,13,14). The van der Waals surface area contributed by atoms with Gasteiger partial charge in [-0.25, -0.2) is 4.79 Å². The Hall–Kier alpha value is -1.29. The summed E-state index contributed by atoms with van der Waals surface area (Å²) >= 11 is 0. The normalized spacial score (nSPS) is 24.1. The Bertz CT molecular complexity index is 383. The van der Waals surface area contributed by atoms with Crippen LogP contribution in [0.3, 0.4) is 0 Å². The fraction of sp³-hybridized carbons (Fsp3) is 0.545. The molecule has 1 aromatic heterocycles. The number of carboxylic acids is 1. The molecule has 4 nitrogen and oxygen atoms in total. The largest absolute Gasteiger partial charge is 0.475 e. The number of rotatable bonds is 4. The molecule has 0 bridgehead atoms. The molecule has 1 saturated carbocycles. The summed E-state index contributed by atoms with van der Waals surface area (Å²) in [7, 11) is 0. The van der Waals surface area contributed by atoms with Gasteiger partial charge in [-0.15, -0.1) is 0 Å². The van der Waals surface area contributed by atoms with Crippen molar-refractivity contribution in [3.63, 3.8) is 0 Å². The lowest BCUT2D eigenvalue weighted by Gasteiger charge is -2.00. The monoisotopic (exact) mass is 209 g/mol. The Labute approximate surface area is 88.3 Å². The Morgan fingerprint density at radius 3 is 2.87 bits per heavy atom. The van der Waals surface area contributed by atoms with E-state index in [1.54, 1.807) is 13.0 Å². The molecule has 2 atom stereocenters. The van der Waals surface area contributed by atoms with Crippen molar-refractivity contribution in [2.75, 3.05) is 0 Å². The minimum atomic E-state index is -1.01. The molecule has 1 heterocycles. The molecule has 2 rings (SSSR count). The quantitative estimate of drug-likeness (QED) is 0.793. The van der Waals surface area contributed by atoms with Crippen LogP contribution in [0.4, 0.5) is 0 Å². The van der Waals surface area contributed by atoms with E-state index in [2.05, 4.69) is 12.2 Å². The SMILES string of the molecule is Cc1oc(C(=O)O)cc1CNC1CC1C. The van der Waals surface area contributed by atoms with Gasteiger partial charge in [0.05, 0.1) is 0 Å². The van der Waals surface area contributed by atoms with Crippen molar-refractivity contribution < 1.29 is 14.3 Å². The zero-order valence-electron chi connectivity index (χ0n) is 8.91. The Balaban J connectivity index is 1.98. The van der Waals surface area contributed by atoms with E-state index in [1.165, 1.54) is 6.42 Å². The van der Waals surface area contributed by atoms with Crippen molar-refractivity contribution in [1.29, 1.82) is 0 Å². The zero-order valence-corrected chi connectivity index (χ0v) is 8.91. The third kappa shape index (κ3) is 2.21. The predicted octanol–water partition coefficient (Wildman–Crippen LogP) is 1.78. The summed E-state index contributed by atoms with van der Waals surface area (Å²) in [6.07, 6.45) is 1.21. The van der Waals surface area contributed by atoms with Crippen molar-refractivity contribution in [2.24, 2.45) is 5.92 Å². The van der Waals surface area contributed by atoms with Gasteiger partial charge in [0.15, 0.2) is 0 Å². The molecule has 0 aromatic carbocycles. The van der Waals surface area contributed by atoms with Crippen LogP contribution in [0.1, 0.15) is 35.2 Å². The highest BCUT2D eigenvalue weighted by Gasteiger charge is 2.31. The van der Waals surface area contributed by atoms with Crippen LogP contribution in [0, 0.1) is 12.8 Å². The molecule has 1 fully saturated rings. The first-order valence-corrected chi connectivity index (χ1v) is 5.14. The van der Waals surface area contributed by atoms with Gasteiger partial charge in [-0.05, 0) is 25.3 Å². The molecule has 1 aliphatic carbocycles. The lowest BCUT2D eigenvalue weighted by molar-refractivity contribution is 0.0661. The molecule has 2 N–H and O–H groups in total. The third-order valence-electron chi connectivity index (χ3n) is 2.90. The summed E-state index contributed by atoms with van der Waals surface area (Å²) in [4.78, 5) is 10.7. The summed E-state index contributed by atoms with van der Waals surface area (Å²) < 4.78 is 5.12. The van der Waals surface area contributed by atoms with Crippen LogP contribution in [-0.4, -0.2) is 17.1 Å². The lowest BCUT2D eigenvalue weighted by Crippen LogP contribution is -2.17. The first-order valence-electron chi connectivity index (χ1n) is 5.14. The van der Waals surface area contributed by atoms with Crippen molar-refractivity contribution in [3.8, 4) is 0 Å². The second-order valence-corrected chi connectivity index (χ2v) is 4.20. The Kier molecular flexibility index (Phi) is 2.52. The second kappa shape index (κ2) is 3.70. The van der Waals surface area contributed by atoms with Crippen LogP contribution in [0.5, 0.6) is 0 Å². The molecule has 1 aromatic rings. The summed E-state index contributed by atoms with van der Waals surface area (Å²) in [5.74, 6) is 0.446. The number of nitrogens with one attached hydrogen (secondary N) is 1. The Morgan fingerprint density at radius 2 is 2.40 bits per heavy atom. The van der Waals surface area contributed by atoms with E-state index in [0.717, 1.165) is 11.5 Å². The van der Waals surface area contributed by atoms with Gasteiger partial charge >= 0.3 is 5.97 Å². The highest BCUT2D eigenvalue weighted by Crippen LogP contribution is 2.29. The number of carbonyl (C=O) groups is 1. The molecule has 0 aliphatic heterocycles. The summed E-state index contributed by atoms with van der Waals surface area (Å²) in [6, 6.07) is 2.19. The molecule has 1 aliphatic rings. The maximum Gasteiger partial charge on any atom is 0.371 e. The summed E-state index contributed by atoms with van der Waals surface area (Å²) in [5.41, 5.74) is 0.937. The molecule has 0 amide bonds. The van der Waals surface area contributed by atoms with Gasteiger partial charge in [0.1, 0.15) is 5.76 Å². The van der Waals surface area contributed by atoms with E-state index in [9.17, 15) is 4.79 Å². The molecule has 2 unspecified atom stereocenters. The maximum absolute atomic E-state index is 10.7. The van der Waals surface area contributed by atoms with Crippen molar-refractivity contribution in [2.45, 2.75) is 32.9 Å².